The molecule has 0 fully saturated rings. The average molecular weight is 279 g/mol. The van der Waals surface area contributed by atoms with Crippen LogP contribution in [0.15, 0.2) is 18.2 Å². The SMILES string of the molecule is CCCCCSCC(NCC)c1cc(C)ccc1C. The van der Waals surface area contributed by atoms with Crippen molar-refractivity contribution in [3.05, 3.63) is 34.9 Å². The van der Waals surface area contributed by atoms with Gasteiger partial charge in [-0.3, -0.25) is 0 Å². The minimum absolute atomic E-state index is 0.497. The van der Waals surface area contributed by atoms with Gasteiger partial charge in [0.1, 0.15) is 0 Å². The zero-order chi connectivity index (χ0) is 14.1. The first-order valence-electron chi connectivity index (χ1n) is 7.57. The fraction of sp³-hybridized carbons (Fsp3) is 0.647. The molecule has 108 valence electrons. The van der Waals surface area contributed by atoms with Crippen LogP contribution in [0.2, 0.25) is 0 Å². The summed E-state index contributed by atoms with van der Waals surface area (Å²) in [6.07, 6.45) is 4.03. The molecule has 1 atom stereocenters. The zero-order valence-corrected chi connectivity index (χ0v) is 13.8. The first-order valence-corrected chi connectivity index (χ1v) is 8.72. The number of hydrogen-bond acceptors (Lipinski definition) is 2. The Labute approximate surface area is 123 Å². The van der Waals surface area contributed by atoms with Crippen LogP contribution in [0.1, 0.15) is 55.8 Å². The average Bonchev–Trinajstić information content (AvgIpc) is 2.40. The smallest absolute Gasteiger partial charge is 0.0414 e. The Morgan fingerprint density at radius 3 is 2.63 bits per heavy atom. The van der Waals surface area contributed by atoms with Crippen LogP contribution in [0.4, 0.5) is 0 Å². The molecule has 0 aliphatic heterocycles. The van der Waals surface area contributed by atoms with Crippen LogP contribution in [0.3, 0.4) is 0 Å². The maximum absolute atomic E-state index is 3.64. The highest BCUT2D eigenvalue weighted by atomic mass is 32.2. The number of rotatable bonds is 9. The third-order valence-corrected chi connectivity index (χ3v) is 4.58. The van der Waals surface area contributed by atoms with Gasteiger partial charge in [-0.15, -0.1) is 0 Å². The van der Waals surface area contributed by atoms with E-state index in [1.807, 2.05) is 0 Å². The third kappa shape index (κ3) is 6.01. The lowest BCUT2D eigenvalue weighted by Gasteiger charge is -2.20. The monoisotopic (exact) mass is 279 g/mol. The molecule has 1 N–H and O–H groups in total. The molecule has 0 saturated carbocycles. The molecule has 0 heterocycles. The van der Waals surface area contributed by atoms with Gasteiger partial charge in [0.25, 0.3) is 0 Å². The summed E-state index contributed by atoms with van der Waals surface area (Å²) >= 11 is 2.09. The van der Waals surface area contributed by atoms with E-state index in [-0.39, 0.29) is 0 Å². The van der Waals surface area contributed by atoms with E-state index in [4.69, 9.17) is 0 Å². The number of benzene rings is 1. The maximum Gasteiger partial charge on any atom is 0.0414 e. The van der Waals surface area contributed by atoms with Crippen molar-refractivity contribution >= 4 is 11.8 Å². The molecule has 1 rings (SSSR count). The fourth-order valence-corrected chi connectivity index (χ4v) is 3.40. The van der Waals surface area contributed by atoms with E-state index in [0.29, 0.717) is 6.04 Å². The van der Waals surface area contributed by atoms with Crippen molar-refractivity contribution < 1.29 is 0 Å². The highest BCUT2D eigenvalue weighted by molar-refractivity contribution is 7.99. The van der Waals surface area contributed by atoms with E-state index in [1.54, 1.807) is 0 Å². The third-order valence-electron chi connectivity index (χ3n) is 3.44. The standard InChI is InChI=1S/C17H29NS/c1-5-7-8-11-19-13-17(18-6-2)16-12-14(3)9-10-15(16)4/h9-10,12,17-18H,5-8,11,13H2,1-4H3. The summed E-state index contributed by atoms with van der Waals surface area (Å²) < 4.78 is 0. The van der Waals surface area contributed by atoms with E-state index in [1.165, 1.54) is 47.5 Å². The normalized spacial score (nSPS) is 12.6. The molecule has 0 aliphatic rings. The predicted octanol–water partition coefficient (Wildman–Crippen LogP) is 4.88. The lowest BCUT2D eigenvalue weighted by Crippen LogP contribution is -2.24. The molecular weight excluding hydrogens is 250 g/mol. The molecule has 1 nitrogen and oxygen atoms in total. The topological polar surface area (TPSA) is 12.0 Å². The molecule has 0 amide bonds. The second-order valence-electron chi connectivity index (χ2n) is 5.25. The fourth-order valence-electron chi connectivity index (χ4n) is 2.30. The molecule has 1 unspecified atom stereocenters. The Bertz CT molecular complexity index is 362. The van der Waals surface area contributed by atoms with Crippen LogP contribution in [-0.2, 0) is 0 Å². The molecule has 1 aromatic rings. The minimum Gasteiger partial charge on any atom is -0.310 e. The number of hydrogen-bond donors (Lipinski definition) is 1. The molecule has 2 heteroatoms. The van der Waals surface area contributed by atoms with E-state index < -0.39 is 0 Å². The highest BCUT2D eigenvalue weighted by Crippen LogP contribution is 2.23. The predicted molar refractivity (Wildman–Crippen MR) is 89.2 cm³/mol. The Hall–Kier alpha value is -0.470. The Morgan fingerprint density at radius 1 is 1.16 bits per heavy atom. The summed E-state index contributed by atoms with van der Waals surface area (Å²) in [4.78, 5) is 0. The number of nitrogens with one attached hydrogen (secondary N) is 1. The summed E-state index contributed by atoms with van der Waals surface area (Å²) in [6.45, 7) is 9.90. The molecule has 0 spiro atoms. The van der Waals surface area contributed by atoms with E-state index >= 15 is 0 Å². The van der Waals surface area contributed by atoms with Gasteiger partial charge in [0.15, 0.2) is 0 Å². The Kier molecular flexibility index (Phi) is 8.24. The molecule has 0 bridgehead atoms. The molecular formula is C17H29NS. The quantitative estimate of drug-likeness (QED) is 0.647. The van der Waals surface area contributed by atoms with Crippen molar-refractivity contribution in [1.82, 2.24) is 5.32 Å². The highest BCUT2D eigenvalue weighted by Gasteiger charge is 2.12. The van der Waals surface area contributed by atoms with Crippen LogP contribution in [0, 0.1) is 13.8 Å². The van der Waals surface area contributed by atoms with Crippen molar-refractivity contribution in [3.63, 3.8) is 0 Å². The lowest BCUT2D eigenvalue weighted by molar-refractivity contribution is 0.602. The number of aryl methyl sites for hydroxylation is 2. The summed E-state index contributed by atoms with van der Waals surface area (Å²) in [7, 11) is 0. The first-order chi connectivity index (χ1) is 9.19. The van der Waals surface area contributed by atoms with Crippen LogP contribution in [0.25, 0.3) is 0 Å². The second-order valence-corrected chi connectivity index (χ2v) is 6.40. The van der Waals surface area contributed by atoms with Crippen molar-refractivity contribution in [2.75, 3.05) is 18.1 Å². The largest absolute Gasteiger partial charge is 0.310 e. The van der Waals surface area contributed by atoms with Crippen molar-refractivity contribution in [2.24, 2.45) is 0 Å². The molecule has 0 saturated heterocycles. The van der Waals surface area contributed by atoms with Crippen LogP contribution in [-0.4, -0.2) is 18.1 Å². The summed E-state index contributed by atoms with van der Waals surface area (Å²) in [5, 5.41) is 3.64. The van der Waals surface area contributed by atoms with Gasteiger partial charge in [-0.1, -0.05) is 50.5 Å². The van der Waals surface area contributed by atoms with Crippen molar-refractivity contribution in [1.29, 1.82) is 0 Å². The van der Waals surface area contributed by atoms with E-state index in [2.05, 4.69) is 63.0 Å². The van der Waals surface area contributed by atoms with Gasteiger partial charge >= 0.3 is 0 Å². The van der Waals surface area contributed by atoms with Gasteiger partial charge < -0.3 is 5.32 Å². The molecule has 19 heavy (non-hydrogen) atoms. The summed E-state index contributed by atoms with van der Waals surface area (Å²) in [6, 6.07) is 7.29. The van der Waals surface area contributed by atoms with Crippen LogP contribution in [0.5, 0.6) is 0 Å². The molecule has 0 aromatic heterocycles. The maximum atomic E-state index is 3.64. The van der Waals surface area contributed by atoms with Crippen molar-refractivity contribution in [3.8, 4) is 0 Å². The second kappa shape index (κ2) is 9.44. The van der Waals surface area contributed by atoms with Gasteiger partial charge in [-0.05, 0) is 43.7 Å². The van der Waals surface area contributed by atoms with Crippen molar-refractivity contribution in [2.45, 2.75) is 53.0 Å². The van der Waals surface area contributed by atoms with Gasteiger partial charge in [0, 0.05) is 11.8 Å². The van der Waals surface area contributed by atoms with Crippen LogP contribution < -0.4 is 5.32 Å². The lowest BCUT2D eigenvalue weighted by atomic mass is 10.00. The Morgan fingerprint density at radius 2 is 1.95 bits per heavy atom. The zero-order valence-electron chi connectivity index (χ0n) is 13.0. The molecule has 1 aromatic carbocycles. The number of thioether (sulfide) groups is 1. The van der Waals surface area contributed by atoms with E-state index in [9.17, 15) is 0 Å². The summed E-state index contributed by atoms with van der Waals surface area (Å²) in [5.41, 5.74) is 4.25. The van der Waals surface area contributed by atoms with Gasteiger partial charge in [-0.2, -0.15) is 11.8 Å². The Balaban J connectivity index is 2.58. The van der Waals surface area contributed by atoms with Gasteiger partial charge in [-0.25, -0.2) is 0 Å². The summed E-state index contributed by atoms with van der Waals surface area (Å²) in [5.74, 6) is 2.47. The number of unbranched alkanes of at least 4 members (excludes halogenated alkanes) is 2. The first kappa shape index (κ1) is 16.6. The minimum atomic E-state index is 0.497. The van der Waals surface area contributed by atoms with Gasteiger partial charge in [0.05, 0.1) is 0 Å². The van der Waals surface area contributed by atoms with E-state index in [0.717, 1.165) is 6.54 Å². The molecule has 0 aliphatic carbocycles. The molecule has 0 radical (unpaired) electrons. The van der Waals surface area contributed by atoms with Crippen LogP contribution >= 0.6 is 11.8 Å². The van der Waals surface area contributed by atoms with Gasteiger partial charge in [0.2, 0.25) is 0 Å².